The van der Waals surface area contributed by atoms with Crippen LogP contribution in [-0.4, -0.2) is 21.7 Å². The number of halogens is 1. The summed E-state index contributed by atoms with van der Waals surface area (Å²) < 4.78 is 19.6. The van der Waals surface area contributed by atoms with Gasteiger partial charge in [0, 0.05) is 18.7 Å². The molecule has 29 heavy (non-hydrogen) atoms. The molecular formula is C21H22FN3O4. The number of aliphatic hydroxyl groups is 1. The molecular weight excluding hydrogens is 377 g/mol. The van der Waals surface area contributed by atoms with E-state index >= 15 is 0 Å². The Hall–Kier alpha value is -3.39. The van der Waals surface area contributed by atoms with E-state index < -0.39 is 12.1 Å². The van der Waals surface area contributed by atoms with Crippen LogP contribution in [0.4, 0.5) is 14.9 Å². The van der Waals surface area contributed by atoms with Gasteiger partial charge in [0.1, 0.15) is 23.4 Å². The molecule has 1 aromatic carbocycles. The predicted molar refractivity (Wildman–Crippen MR) is 106 cm³/mol. The smallest absolute Gasteiger partial charge is 0.319 e. The molecule has 0 aliphatic heterocycles. The third kappa shape index (κ3) is 5.55. The molecule has 152 valence electrons. The number of rotatable bonds is 7. The first kappa shape index (κ1) is 20.3. The Bertz CT molecular complexity index is 1000. The molecule has 0 fully saturated rings. The minimum absolute atomic E-state index is 0.117. The lowest BCUT2D eigenvalue weighted by atomic mass is 10.1. The highest BCUT2D eigenvalue weighted by molar-refractivity contribution is 5.89. The summed E-state index contributed by atoms with van der Waals surface area (Å²) in [7, 11) is 0. The Morgan fingerprint density at radius 1 is 1.21 bits per heavy atom. The summed E-state index contributed by atoms with van der Waals surface area (Å²) in [6, 6.07) is 11.4. The van der Waals surface area contributed by atoms with E-state index in [0.717, 1.165) is 5.56 Å². The van der Waals surface area contributed by atoms with Crippen molar-refractivity contribution in [3.8, 4) is 0 Å². The number of nitrogens with one attached hydrogen (secondary N) is 2. The van der Waals surface area contributed by atoms with Crippen molar-refractivity contribution in [1.29, 1.82) is 0 Å². The van der Waals surface area contributed by atoms with Crippen molar-refractivity contribution < 1.29 is 18.7 Å². The maximum absolute atomic E-state index is 13.0. The number of benzene rings is 1. The first-order chi connectivity index (χ1) is 13.9. The minimum atomic E-state index is -0.843. The van der Waals surface area contributed by atoms with Crippen LogP contribution < -0.4 is 16.2 Å². The number of nitrogens with zero attached hydrogens (tertiary/aromatic N) is 1. The van der Waals surface area contributed by atoms with E-state index in [1.165, 1.54) is 29.0 Å². The monoisotopic (exact) mass is 399 g/mol. The van der Waals surface area contributed by atoms with Crippen molar-refractivity contribution in [2.75, 3.05) is 5.32 Å². The van der Waals surface area contributed by atoms with Gasteiger partial charge in [0.05, 0.1) is 12.8 Å². The van der Waals surface area contributed by atoms with Crippen molar-refractivity contribution in [1.82, 2.24) is 9.88 Å². The van der Waals surface area contributed by atoms with Crippen molar-refractivity contribution >= 4 is 11.7 Å². The summed E-state index contributed by atoms with van der Waals surface area (Å²) in [5.41, 5.74) is 0.497. The molecule has 3 N–H and O–H groups in total. The Morgan fingerprint density at radius 3 is 2.66 bits per heavy atom. The topological polar surface area (TPSA) is 96.5 Å². The average molecular weight is 399 g/mol. The van der Waals surface area contributed by atoms with Crippen LogP contribution in [0.3, 0.4) is 0 Å². The molecule has 0 saturated carbocycles. The third-order valence-corrected chi connectivity index (χ3v) is 4.36. The standard InChI is InChI=1S/C21H22FN3O4/c1-14(12-18(26)19-5-3-11-29-19)23-21(28)24-17-4-2-10-25(20(17)27)13-15-6-8-16(22)9-7-15/h2-11,14,18,26H,12-13H2,1H3,(H2,23,24,28)/t14-,18-/m1/s1. The molecule has 0 saturated heterocycles. The van der Waals surface area contributed by atoms with Crippen molar-refractivity contribution in [2.24, 2.45) is 0 Å². The van der Waals surface area contributed by atoms with Crippen molar-refractivity contribution in [3.63, 3.8) is 0 Å². The lowest BCUT2D eigenvalue weighted by Crippen LogP contribution is -2.38. The number of carbonyl (C=O) groups is 1. The van der Waals surface area contributed by atoms with Crippen LogP contribution in [-0.2, 0) is 6.54 Å². The highest BCUT2D eigenvalue weighted by atomic mass is 19.1. The zero-order valence-electron chi connectivity index (χ0n) is 15.8. The number of furan rings is 1. The number of hydrogen-bond donors (Lipinski definition) is 3. The van der Waals surface area contributed by atoms with Gasteiger partial charge in [0.25, 0.3) is 5.56 Å². The number of urea groups is 1. The van der Waals surface area contributed by atoms with E-state index in [1.54, 1.807) is 43.5 Å². The number of pyridine rings is 1. The Kier molecular flexibility index (Phi) is 6.46. The summed E-state index contributed by atoms with van der Waals surface area (Å²) in [5, 5.41) is 15.3. The van der Waals surface area contributed by atoms with Crippen molar-refractivity contribution in [3.05, 3.63) is 88.5 Å². The molecule has 8 heteroatoms. The molecule has 0 spiro atoms. The maximum atomic E-state index is 13.0. The van der Waals surface area contributed by atoms with Gasteiger partial charge in [-0.25, -0.2) is 9.18 Å². The summed E-state index contributed by atoms with van der Waals surface area (Å²) in [5.74, 6) is 0.0743. The van der Waals surface area contributed by atoms with Crippen LogP contribution >= 0.6 is 0 Å². The van der Waals surface area contributed by atoms with Gasteiger partial charge in [-0.3, -0.25) is 4.79 Å². The van der Waals surface area contributed by atoms with Gasteiger partial charge < -0.3 is 24.7 Å². The highest BCUT2D eigenvalue weighted by Gasteiger charge is 2.17. The predicted octanol–water partition coefficient (Wildman–Crippen LogP) is 3.26. The molecule has 0 aliphatic rings. The van der Waals surface area contributed by atoms with E-state index in [0.29, 0.717) is 5.76 Å². The minimum Gasteiger partial charge on any atom is -0.467 e. The fourth-order valence-corrected chi connectivity index (χ4v) is 2.92. The van der Waals surface area contributed by atoms with Gasteiger partial charge >= 0.3 is 6.03 Å². The van der Waals surface area contributed by atoms with Gasteiger partial charge in [-0.2, -0.15) is 0 Å². The number of aliphatic hydroxyl groups excluding tert-OH is 1. The lowest BCUT2D eigenvalue weighted by molar-refractivity contribution is 0.130. The largest absolute Gasteiger partial charge is 0.467 e. The molecule has 3 rings (SSSR count). The number of carbonyl (C=O) groups excluding carboxylic acids is 1. The summed E-state index contributed by atoms with van der Waals surface area (Å²) in [6.45, 7) is 1.99. The maximum Gasteiger partial charge on any atom is 0.319 e. The van der Waals surface area contributed by atoms with E-state index in [4.69, 9.17) is 4.42 Å². The number of amides is 2. The zero-order chi connectivity index (χ0) is 20.8. The third-order valence-electron chi connectivity index (χ3n) is 4.36. The van der Waals surface area contributed by atoms with E-state index in [2.05, 4.69) is 10.6 Å². The fourth-order valence-electron chi connectivity index (χ4n) is 2.92. The van der Waals surface area contributed by atoms with Crippen LogP contribution in [0.5, 0.6) is 0 Å². The van der Waals surface area contributed by atoms with Crippen LogP contribution in [0.1, 0.15) is 30.8 Å². The Balaban J connectivity index is 1.60. The molecule has 0 unspecified atom stereocenters. The highest BCUT2D eigenvalue weighted by Crippen LogP contribution is 2.18. The van der Waals surface area contributed by atoms with Crippen molar-refractivity contribution in [2.45, 2.75) is 32.0 Å². The number of hydrogen-bond acceptors (Lipinski definition) is 4. The molecule has 0 bridgehead atoms. The molecule has 2 aromatic heterocycles. The fraction of sp³-hybridized carbons (Fsp3) is 0.238. The average Bonchev–Trinajstić information content (AvgIpc) is 3.21. The molecule has 7 nitrogen and oxygen atoms in total. The van der Waals surface area contributed by atoms with Crippen LogP contribution in [0.15, 0.2) is 70.2 Å². The molecule has 2 amide bonds. The Labute approximate surface area is 166 Å². The summed E-state index contributed by atoms with van der Waals surface area (Å²) >= 11 is 0. The van der Waals surface area contributed by atoms with Crippen LogP contribution in [0.2, 0.25) is 0 Å². The van der Waals surface area contributed by atoms with E-state index in [-0.39, 0.29) is 36.1 Å². The summed E-state index contributed by atoms with van der Waals surface area (Å²) in [4.78, 5) is 24.8. The lowest BCUT2D eigenvalue weighted by Gasteiger charge is -2.17. The first-order valence-electron chi connectivity index (χ1n) is 9.15. The van der Waals surface area contributed by atoms with Crippen LogP contribution in [0, 0.1) is 5.82 Å². The summed E-state index contributed by atoms with van der Waals surface area (Å²) in [6.07, 6.45) is 2.47. The quantitative estimate of drug-likeness (QED) is 0.568. The SMILES string of the molecule is C[C@H](C[C@@H](O)c1ccco1)NC(=O)Nc1cccn(Cc2ccc(F)cc2)c1=O. The van der Waals surface area contributed by atoms with Gasteiger partial charge in [-0.15, -0.1) is 0 Å². The molecule has 2 atom stereocenters. The van der Waals surface area contributed by atoms with Gasteiger partial charge in [0.15, 0.2) is 0 Å². The molecule has 0 radical (unpaired) electrons. The van der Waals surface area contributed by atoms with Gasteiger partial charge in [-0.1, -0.05) is 12.1 Å². The van der Waals surface area contributed by atoms with E-state index in [9.17, 15) is 19.1 Å². The number of anilines is 1. The number of aromatic nitrogens is 1. The molecule has 0 aliphatic carbocycles. The second-order valence-corrected chi connectivity index (χ2v) is 6.75. The van der Waals surface area contributed by atoms with Gasteiger partial charge in [0.2, 0.25) is 0 Å². The second kappa shape index (κ2) is 9.20. The zero-order valence-corrected chi connectivity index (χ0v) is 15.8. The normalized spacial score (nSPS) is 12.9. The van der Waals surface area contributed by atoms with E-state index in [1.807, 2.05) is 0 Å². The molecule has 2 heterocycles. The second-order valence-electron chi connectivity index (χ2n) is 6.75. The van der Waals surface area contributed by atoms with Gasteiger partial charge in [-0.05, 0) is 48.9 Å². The Morgan fingerprint density at radius 2 is 1.97 bits per heavy atom. The first-order valence-corrected chi connectivity index (χ1v) is 9.15. The van der Waals surface area contributed by atoms with Crippen LogP contribution in [0.25, 0.3) is 0 Å². The molecule has 3 aromatic rings.